The first-order valence-corrected chi connectivity index (χ1v) is 13.5. The lowest BCUT2D eigenvalue weighted by Gasteiger charge is -2.39. The van der Waals surface area contributed by atoms with Gasteiger partial charge in [-0.2, -0.15) is 9.97 Å². The van der Waals surface area contributed by atoms with Crippen LogP contribution < -0.4 is 4.90 Å². The van der Waals surface area contributed by atoms with Crippen molar-refractivity contribution in [3.63, 3.8) is 0 Å². The van der Waals surface area contributed by atoms with Gasteiger partial charge in [-0.1, -0.05) is 12.1 Å². The van der Waals surface area contributed by atoms with Crippen LogP contribution in [0.25, 0.3) is 28.1 Å². The quantitative estimate of drug-likeness (QED) is 0.412. The SMILES string of the molecule is Cc1nc2ccccc2n1-c1nc(N2CCOCC2)c2nc(CN3CCC(C4COC4)CC3)n(C)c2n1. The van der Waals surface area contributed by atoms with Crippen LogP contribution in [0.1, 0.15) is 24.5 Å². The largest absolute Gasteiger partial charge is 0.381 e. The van der Waals surface area contributed by atoms with Crippen molar-refractivity contribution < 1.29 is 9.47 Å². The maximum Gasteiger partial charge on any atom is 0.239 e. The third kappa shape index (κ3) is 4.07. The number of likely N-dealkylation sites (tertiary alicyclic amines) is 1. The lowest BCUT2D eigenvalue weighted by Crippen LogP contribution is -2.42. The maximum atomic E-state index is 5.64. The maximum absolute atomic E-state index is 5.64. The number of aromatic nitrogens is 6. The van der Waals surface area contributed by atoms with Crippen LogP contribution >= 0.6 is 0 Å². The molecule has 10 heteroatoms. The molecule has 3 saturated heterocycles. The Balaban J connectivity index is 1.27. The molecule has 3 fully saturated rings. The van der Waals surface area contributed by atoms with Crippen LogP contribution in [0, 0.1) is 18.8 Å². The summed E-state index contributed by atoms with van der Waals surface area (Å²) >= 11 is 0. The summed E-state index contributed by atoms with van der Waals surface area (Å²) in [5.74, 6) is 5.00. The fourth-order valence-corrected chi connectivity index (χ4v) is 6.02. The molecule has 0 atom stereocenters. The molecule has 0 radical (unpaired) electrons. The van der Waals surface area contributed by atoms with Gasteiger partial charge in [0.05, 0.1) is 44.0 Å². The lowest BCUT2D eigenvalue weighted by atomic mass is 9.83. The van der Waals surface area contributed by atoms with Gasteiger partial charge in [0.15, 0.2) is 17.0 Å². The molecular weight excluding hydrogens is 468 g/mol. The van der Waals surface area contributed by atoms with Gasteiger partial charge < -0.3 is 18.9 Å². The number of morpholine rings is 1. The van der Waals surface area contributed by atoms with Gasteiger partial charge in [0.1, 0.15) is 11.6 Å². The average Bonchev–Trinajstić information content (AvgIpc) is 3.39. The molecule has 37 heavy (non-hydrogen) atoms. The molecule has 194 valence electrons. The molecule has 10 nitrogen and oxygen atoms in total. The smallest absolute Gasteiger partial charge is 0.239 e. The van der Waals surface area contributed by atoms with Crippen LogP contribution in [-0.4, -0.2) is 86.6 Å². The number of anilines is 1. The summed E-state index contributed by atoms with van der Waals surface area (Å²) in [5.41, 5.74) is 3.68. The summed E-state index contributed by atoms with van der Waals surface area (Å²) in [6, 6.07) is 8.15. The highest BCUT2D eigenvalue weighted by atomic mass is 16.5. The molecule has 0 aliphatic carbocycles. The van der Waals surface area contributed by atoms with Crippen LogP contribution in [0.4, 0.5) is 5.82 Å². The first kappa shape index (κ1) is 23.1. The van der Waals surface area contributed by atoms with E-state index in [0.29, 0.717) is 19.2 Å². The summed E-state index contributed by atoms with van der Waals surface area (Å²) in [5, 5.41) is 0. The van der Waals surface area contributed by atoms with Crippen molar-refractivity contribution >= 4 is 28.0 Å². The zero-order valence-electron chi connectivity index (χ0n) is 21.6. The van der Waals surface area contributed by atoms with E-state index in [9.17, 15) is 0 Å². The van der Waals surface area contributed by atoms with Gasteiger partial charge in [0, 0.05) is 26.1 Å². The second-order valence-corrected chi connectivity index (χ2v) is 10.6. The van der Waals surface area contributed by atoms with E-state index in [0.717, 1.165) is 97.4 Å². The van der Waals surface area contributed by atoms with Gasteiger partial charge in [0.2, 0.25) is 5.95 Å². The molecule has 7 rings (SSSR count). The number of nitrogens with zero attached hydrogens (tertiary/aromatic N) is 8. The van der Waals surface area contributed by atoms with Gasteiger partial charge >= 0.3 is 0 Å². The highest BCUT2D eigenvalue weighted by Gasteiger charge is 2.32. The Morgan fingerprint density at radius 3 is 2.43 bits per heavy atom. The molecule has 0 saturated carbocycles. The molecule has 3 aliphatic rings. The van der Waals surface area contributed by atoms with Gasteiger partial charge in [-0.15, -0.1) is 0 Å². The Kier molecular flexibility index (Phi) is 5.82. The van der Waals surface area contributed by atoms with E-state index in [1.54, 1.807) is 0 Å². The number of para-hydroxylation sites is 2. The van der Waals surface area contributed by atoms with Gasteiger partial charge in [0.25, 0.3) is 0 Å². The van der Waals surface area contributed by atoms with Crippen molar-refractivity contribution in [2.75, 3.05) is 57.5 Å². The summed E-state index contributed by atoms with van der Waals surface area (Å²) in [6.45, 7) is 9.91. The molecule has 1 aromatic carbocycles. The first-order valence-electron chi connectivity index (χ1n) is 13.5. The van der Waals surface area contributed by atoms with Crippen LogP contribution in [0.2, 0.25) is 0 Å². The number of hydrogen-bond donors (Lipinski definition) is 0. The van der Waals surface area contributed by atoms with E-state index in [1.165, 1.54) is 12.8 Å². The molecule has 3 aliphatic heterocycles. The minimum atomic E-state index is 0.637. The van der Waals surface area contributed by atoms with Crippen LogP contribution in [0.15, 0.2) is 24.3 Å². The van der Waals surface area contributed by atoms with E-state index >= 15 is 0 Å². The second-order valence-electron chi connectivity index (χ2n) is 10.6. The van der Waals surface area contributed by atoms with Crippen LogP contribution in [0.3, 0.4) is 0 Å². The molecule has 0 spiro atoms. The van der Waals surface area contributed by atoms with Gasteiger partial charge in [-0.25, -0.2) is 9.97 Å². The van der Waals surface area contributed by atoms with Crippen molar-refractivity contribution in [2.45, 2.75) is 26.3 Å². The number of aryl methyl sites for hydroxylation is 2. The highest BCUT2D eigenvalue weighted by Crippen LogP contribution is 2.32. The molecule has 0 unspecified atom stereocenters. The molecule has 0 N–H and O–H groups in total. The Morgan fingerprint density at radius 1 is 0.892 bits per heavy atom. The van der Waals surface area contributed by atoms with Crippen molar-refractivity contribution in [2.24, 2.45) is 18.9 Å². The van der Waals surface area contributed by atoms with Gasteiger partial charge in [-0.3, -0.25) is 9.47 Å². The van der Waals surface area contributed by atoms with Crippen molar-refractivity contribution in [3.05, 3.63) is 35.9 Å². The Hall–Kier alpha value is -3.08. The minimum Gasteiger partial charge on any atom is -0.381 e. The minimum absolute atomic E-state index is 0.637. The second kappa shape index (κ2) is 9.34. The van der Waals surface area contributed by atoms with E-state index < -0.39 is 0 Å². The zero-order chi connectivity index (χ0) is 24.9. The molecule has 4 aromatic rings. The first-order chi connectivity index (χ1) is 18.2. The van der Waals surface area contributed by atoms with Crippen LogP contribution in [0.5, 0.6) is 0 Å². The van der Waals surface area contributed by atoms with Crippen molar-refractivity contribution in [1.82, 2.24) is 34.0 Å². The average molecular weight is 503 g/mol. The van der Waals surface area contributed by atoms with E-state index in [2.05, 4.69) is 32.0 Å². The zero-order valence-corrected chi connectivity index (χ0v) is 21.6. The monoisotopic (exact) mass is 502 g/mol. The van der Waals surface area contributed by atoms with Crippen molar-refractivity contribution in [3.8, 4) is 5.95 Å². The third-order valence-electron chi connectivity index (χ3n) is 8.35. The summed E-state index contributed by atoms with van der Waals surface area (Å²) in [7, 11) is 2.09. The third-order valence-corrected chi connectivity index (χ3v) is 8.35. The molecule has 0 amide bonds. The molecule has 3 aromatic heterocycles. The van der Waals surface area contributed by atoms with Crippen LogP contribution in [-0.2, 0) is 23.1 Å². The number of rotatable bonds is 5. The number of piperidine rings is 1. The number of ether oxygens (including phenoxy) is 2. The van der Waals surface area contributed by atoms with E-state index in [4.69, 9.17) is 29.4 Å². The van der Waals surface area contributed by atoms with Gasteiger partial charge in [-0.05, 0) is 50.9 Å². The summed E-state index contributed by atoms with van der Waals surface area (Å²) in [6.07, 6.45) is 2.49. The topological polar surface area (TPSA) is 86.4 Å². The fourth-order valence-electron chi connectivity index (χ4n) is 6.02. The normalized spacial score (nSPS) is 20.2. The molecular formula is C27H34N8O2. The number of hydrogen-bond acceptors (Lipinski definition) is 8. The Morgan fingerprint density at radius 2 is 1.68 bits per heavy atom. The molecule has 0 bridgehead atoms. The predicted molar refractivity (Wildman–Crippen MR) is 141 cm³/mol. The summed E-state index contributed by atoms with van der Waals surface area (Å²) in [4.78, 5) is 24.9. The Labute approximate surface area is 216 Å². The standard InChI is InChI=1S/C27H34N8O2/c1-18-28-21-5-3-4-6-22(21)35(18)27-30-25-24(26(31-27)34-11-13-36-14-12-34)29-23(32(25)2)15-33-9-7-19(8-10-33)20-16-37-17-20/h3-6,19-20H,7-17H2,1-2H3. The molecule has 6 heterocycles. The number of imidazole rings is 2. The Bertz CT molecular complexity index is 1430. The van der Waals surface area contributed by atoms with E-state index in [-0.39, 0.29) is 0 Å². The summed E-state index contributed by atoms with van der Waals surface area (Å²) < 4.78 is 15.3. The number of benzene rings is 1. The van der Waals surface area contributed by atoms with E-state index in [1.807, 2.05) is 25.1 Å². The lowest BCUT2D eigenvalue weighted by molar-refractivity contribution is -0.0727. The number of fused-ring (bicyclic) bond motifs is 2. The fraction of sp³-hybridized carbons (Fsp3) is 0.556. The van der Waals surface area contributed by atoms with Crippen molar-refractivity contribution in [1.29, 1.82) is 0 Å². The predicted octanol–water partition coefficient (Wildman–Crippen LogP) is 2.71. The highest BCUT2D eigenvalue weighted by molar-refractivity contribution is 5.86.